The summed E-state index contributed by atoms with van der Waals surface area (Å²) in [5, 5.41) is 6.74. The maximum atomic E-state index is 12.5. The van der Waals surface area contributed by atoms with Crippen LogP contribution in [0.5, 0.6) is 5.75 Å². The Kier molecular flexibility index (Phi) is 5.61. The highest BCUT2D eigenvalue weighted by atomic mass is 35.5. The zero-order valence-electron chi connectivity index (χ0n) is 14.9. The van der Waals surface area contributed by atoms with Gasteiger partial charge in [-0.25, -0.2) is 10.4 Å². The van der Waals surface area contributed by atoms with Crippen LogP contribution in [0.15, 0.2) is 47.6 Å². The number of hydrazone groups is 1. The molecule has 2 aromatic heterocycles. The van der Waals surface area contributed by atoms with E-state index in [4.69, 9.17) is 39.5 Å². The molecule has 9 heteroatoms. The molecule has 0 saturated carbocycles. The summed E-state index contributed by atoms with van der Waals surface area (Å²) < 4.78 is 6.09. The fourth-order valence-corrected chi connectivity index (χ4v) is 4.51. The third-order valence-electron chi connectivity index (χ3n) is 4.17. The molecule has 0 saturated heterocycles. The Morgan fingerprint density at radius 2 is 2.00 bits per heavy atom. The van der Waals surface area contributed by atoms with Crippen LogP contribution >= 0.6 is 46.1 Å². The molecule has 0 unspecified atom stereocenters. The molecule has 0 atom stereocenters. The second-order valence-electron chi connectivity index (χ2n) is 6.01. The van der Waals surface area contributed by atoms with Crippen LogP contribution in [0.3, 0.4) is 0 Å². The van der Waals surface area contributed by atoms with E-state index in [1.165, 1.54) is 17.6 Å². The van der Waals surface area contributed by atoms with Crippen LogP contribution in [0.25, 0.3) is 21.0 Å². The van der Waals surface area contributed by atoms with Gasteiger partial charge in [0.05, 0.1) is 23.9 Å². The number of rotatable bonds is 4. The number of methoxy groups -OCH3 is 1. The van der Waals surface area contributed by atoms with Crippen molar-refractivity contribution in [2.75, 3.05) is 7.11 Å². The van der Waals surface area contributed by atoms with E-state index in [1.54, 1.807) is 19.2 Å². The number of fused-ring (bicyclic) bond motifs is 2. The summed E-state index contributed by atoms with van der Waals surface area (Å²) in [4.78, 5) is 17.2. The van der Waals surface area contributed by atoms with E-state index in [1.807, 2.05) is 30.3 Å². The molecule has 1 N–H and O–H groups in total. The summed E-state index contributed by atoms with van der Waals surface area (Å²) >= 11 is 19.8. The molecule has 0 aliphatic rings. The van der Waals surface area contributed by atoms with E-state index in [9.17, 15) is 4.79 Å². The molecule has 2 aromatic carbocycles. The highest BCUT2D eigenvalue weighted by Gasteiger charge is 2.17. The lowest BCUT2D eigenvalue weighted by atomic mass is 10.1. The highest BCUT2D eigenvalue weighted by molar-refractivity contribution is 7.21. The summed E-state index contributed by atoms with van der Waals surface area (Å²) in [7, 11) is 1.59. The van der Waals surface area contributed by atoms with Crippen molar-refractivity contribution in [2.24, 2.45) is 5.10 Å². The molecule has 0 spiro atoms. The maximum absolute atomic E-state index is 12.5. The van der Waals surface area contributed by atoms with Gasteiger partial charge in [-0.15, -0.1) is 11.3 Å². The standard InChI is InChI=1S/C20H12Cl3N3O2S/c1-28-13-3-4-15-10(7-13)6-11(19(23)25-15)9-24-26-20(27)18-17(22)14-8-12(21)2-5-16(14)29-18/h2-9H,1H3,(H,26,27)/b24-9+. The number of hydrogen-bond donors (Lipinski definition) is 1. The number of aromatic nitrogens is 1. The first-order valence-electron chi connectivity index (χ1n) is 8.31. The predicted octanol–water partition coefficient (Wildman–Crippen LogP) is 6.18. The van der Waals surface area contributed by atoms with E-state index in [2.05, 4.69) is 15.5 Å². The van der Waals surface area contributed by atoms with Gasteiger partial charge in [0, 0.05) is 26.1 Å². The first kappa shape index (κ1) is 19.9. The summed E-state index contributed by atoms with van der Waals surface area (Å²) in [6.45, 7) is 0. The Balaban J connectivity index is 1.58. The third kappa shape index (κ3) is 4.02. The number of carbonyl (C=O) groups is 1. The number of amides is 1. The summed E-state index contributed by atoms with van der Waals surface area (Å²) in [6.07, 6.45) is 1.43. The average Bonchev–Trinajstić information content (AvgIpc) is 3.04. The van der Waals surface area contributed by atoms with Gasteiger partial charge in [0.15, 0.2) is 0 Å². The third-order valence-corrected chi connectivity index (χ3v) is 6.38. The van der Waals surface area contributed by atoms with Crippen LogP contribution in [0, 0.1) is 0 Å². The Labute approximate surface area is 184 Å². The molecule has 1 amide bonds. The number of nitrogens with one attached hydrogen (secondary N) is 1. The average molecular weight is 465 g/mol. The lowest BCUT2D eigenvalue weighted by Crippen LogP contribution is -2.16. The van der Waals surface area contributed by atoms with E-state index >= 15 is 0 Å². The van der Waals surface area contributed by atoms with Crippen molar-refractivity contribution in [1.29, 1.82) is 0 Å². The van der Waals surface area contributed by atoms with E-state index in [0.717, 1.165) is 21.0 Å². The minimum Gasteiger partial charge on any atom is -0.497 e. The lowest BCUT2D eigenvalue weighted by Gasteiger charge is -2.04. The van der Waals surface area contributed by atoms with Gasteiger partial charge in [-0.2, -0.15) is 5.10 Å². The quantitative estimate of drug-likeness (QED) is 0.223. The molecule has 0 aliphatic heterocycles. The van der Waals surface area contributed by atoms with E-state index < -0.39 is 5.91 Å². The highest BCUT2D eigenvalue weighted by Crippen LogP contribution is 2.36. The second kappa shape index (κ2) is 8.16. The second-order valence-corrected chi connectivity index (χ2v) is 8.24. The number of benzene rings is 2. The summed E-state index contributed by atoms with van der Waals surface area (Å²) in [5.74, 6) is 0.285. The molecular weight excluding hydrogens is 453 g/mol. The van der Waals surface area contributed by atoms with E-state index in [0.29, 0.717) is 26.2 Å². The molecule has 4 aromatic rings. The van der Waals surface area contributed by atoms with Crippen LogP contribution in [0.1, 0.15) is 15.2 Å². The fourth-order valence-electron chi connectivity index (χ4n) is 2.76. The van der Waals surface area contributed by atoms with Crippen molar-refractivity contribution < 1.29 is 9.53 Å². The molecule has 0 fully saturated rings. The van der Waals surface area contributed by atoms with Gasteiger partial charge < -0.3 is 4.74 Å². The topological polar surface area (TPSA) is 63.6 Å². The van der Waals surface area contributed by atoms with Crippen LogP contribution in [-0.4, -0.2) is 24.2 Å². The normalized spacial score (nSPS) is 11.4. The van der Waals surface area contributed by atoms with Gasteiger partial charge in [-0.1, -0.05) is 34.8 Å². The molecule has 0 aliphatic carbocycles. The summed E-state index contributed by atoms with van der Waals surface area (Å²) in [5.41, 5.74) is 3.76. The smallest absolute Gasteiger partial charge is 0.283 e. The van der Waals surface area contributed by atoms with Crippen molar-refractivity contribution in [3.63, 3.8) is 0 Å². The van der Waals surface area contributed by atoms with Crippen molar-refractivity contribution in [1.82, 2.24) is 10.4 Å². The minimum absolute atomic E-state index is 0.273. The van der Waals surface area contributed by atoms with Gasteiger partial charge >= 0.3 is 0 Å². The largest absolute Gasteiger partial charge is 0.497 e. The first-order chi connectivity index (χ1) is 14.0. The van der Waals surface area contributed by atoms with Crippen molar-refractivity contribution in [2.45, 2.75) is 0 Å². The molecule has 5 nitrogen and oxygen atoms in total. The molecule has 2 heterocycles. The predicted molar refractivity (Wildman–Crippen MR) is 120 cm³/mol. The number of pyridine rings is 1. The zero-order chi connectivity index (χ0) is 20.5. The van der Waals surface area contributed by atoms with Crippen molar-refractivity contribution >= 4 is 79.3 Å². The lowest BCUT2D eigenvalue weighted by molar-refractivity contribution is 0.0959. The number of halogens is 3. The van der Waals surface area contributed by atoms with Crippen molar-refractivity contribution in [3.8, 4) is 5.75 Å². The Bertz CT molecular complexity index is 1290. The zero-order valence-corrected chi connectivity index (χ0v) is 18.0. The van der Waals surface area contributed by atoms with Crippen LogP contribution in [0.4, 0.5) is 0 Å². The number of carbonyl (C=O) groups excluding carboxylic acids is 1. The van der Waals surface area contributed by atoms with Gasteiger partial charge in [0.1, 0.15) is 15.8 Å². The Morgan fingerprint density at radius 1 is 1.17 bits per heavy atom. The molecular formula is C20H12Cl3N3O2S. The van der Waals surface area contributed by atoms with Crippen LogP contribution in [0.2, 0.25) is 15.2 Å². The molecule has 29 heavy (non-hydrogen) atoms. The molecule has 4 rings (SSSR count). The number of thiophene rings is 1. The van der Waals surface area contributed by atoms with Crippen LogP contribution < -0.4 is 10.2 Å². The van der Waals surface area contributed by atoms with Gasteiger partial charge in [0.2, 0.25) is 0 Å². The number of ether oxygens (including phenoxy) is 1. The monoisotopic (exact) mass is 463 g/mol. The van der Waals surface area contributed by atoms with E-state index in [-0.39, 0.29) is 5.15 Å². The number of nitrogens with zero attached hydrogens (tertiary/aromatic N) is 2. The van der Waals surface area contributed by atoms with Crippen molar-refractivity contribution in [3.05, 3.63) is 68.1 Å². The SMILES string of the molecule is COc1ccc2nc(Cl)c(/C=N/NC(=O)c3sc4ccc(Cl)cc4c3Cl)cc2c1. The van der Waals surface area contributed by atoms with Crippen LogP contribution in [-0.2, 0) is 0 Å². The molecule has 0 radical (unpaired) electrons. The first-order valence-corrected chi connectivity index (χ1v) is 10.3. The molecule has 146 valence electrons. The minimum atomic E-state index is -0.421. The van der Waals surface area contributed by atoms with Gasteiger partial charge in [-0.05, 0) is 42.5 Å². The van der Waals surface area contributed by atoms with Gasteiger partial charge in [-0.3, -0.25) is 4.79 Å². The molecule has 0 bridgehead atoms. The Morgan fingerprint density at radius 3 is 2.79 bits per heavy atom. The summed E-state index contributed by atoms with van der Waals surface area (Å²) in [6, 6.07) is 12.6. The number of hydrogen-bond acceptors (Lipinski definition) is 5. The Hall–Kier alpha value is -2.38. The maximum Gasteiger partial charge on any atom is 0.283 e. The van der Waals surface area contributed by atoms with Gasteiger partial charge in [0.25, 0.3) is 5.91 Å². The fraction of sp³-hybridized carbons (Fsp3) is 0.0500.